The van der Waals surface area contributed by atoms with Crippen molar-refractivity contribution in [2.45, 2.75) is 24.7 Å². The fourth-order valence-electron chi connectivity index (χ4n) is 11.2. The molecular weight excluding hydrogens is 783 g/mol. The van der Waals surface area contributed by atoms with Crippen LogP contribution in [0, 0.1) is 0 Å². The molecule has 308 valence electrons. The second-order valence-corrected chi connectivity index (χ2v) is 18.0. The van der Waals surface area contributed by atoms with Crippen molar-refractivity contribution >= 4 is 17.1 Å². The number of hydrogen-bond donors (Lipinski definition) is 0. The normalized spacial score (nSPS) is 13.6. The Morgan fingerprint density at radius 3 is 1.34 bits per heavy atom. The Kier molecular flexibility index (Phi) is 9.14. The molecule has 0 amide bonds. The molecule has 0 fully saturated rings. The van der Waals surface area contributed by atoms with Crippen molar-refractivity contribution in [1.29, 1.82) is 0 Å². The van der Waals surface area contributed by atoms with E-state index in [2.05, 4.69) is 267 Å². The second-order valence-electron chi connectivity index (χ2n) is 18.0. The molecule has 1 nitrogen and oxygen atoms in total. The summed E-state index contributed by atoms with van der Waals surface area (Å²) in [5.74, 6) is 0. The molecule has 0 radical (unpaired) electrons. The summed E-state index contributed by atoms with van der Waals surface area (Å²) in [5, 5.41) is 0. The summed E-state index contributed by atoms with van der Waals surface area (Å²) < 4.78 is 0. The van der Waals surface area contributed by atoms with Crippen LogP contribution in [0.5, 0.6) is 0 Å². The summed E-state index contributed by atoms with van der Waals surface area (Å²) in [5.41, 5.74) is 22.7. The molecule has 0 aliphatic heterocycles. The third kappa shape index (κ3) is 6.07. The van der Waals surface area contributed by atoms with Crippen LogP contribution in [0.15, 0.2) is 249 Å². The van der Waals surface area contributed by atoms with Gasteiger partial charge >= 0.3 is 0 Å². The maximum atomic E-state index is 2.54. The fraction of sp³-hybridized carbons (Fsp3) is 0.0625. The Balaban J connectivity index is 1.15. The van der Waals surface area contributed by atoms with Crippen LogP contribution < -0.4 is 4.90 Å². The molecule has 0 N–H and O–H groups in total. The van der Waals surface area contributed by atoms with Crippen LogP contribution in [0.4, 0.5) is 17.1 Å². The number of rotatable bonds is 8. The molecule has 0 atom stereocenters. The van der Waals surface area contributed by atoms with Crippen LogP contribution >= 0.6 is 0 Å². The van der Waals surface area contributed by atoms with Gasteiger partial charge in [0.05, 0.1) is 11.1 Å². The molecule has 1 heteroatoms. The molecule has 10 aromatic carbocycles. The lowest BCUT2D eigenvalue weighted by atomic mass is 9.67. The van der Waals surface area contributed by atoms with Gasteiger partial charge in [-0.15, -0.1) is 0 Å². The average molecular weight is 830 g/mol. The first kappa shape index (κ1) is 38.7. The van der Waals surface area contributed by atoms with E-state index in [0.29, 0.717) is 0 Å². The van der Waals surface area contributed by atoms with Crippen molar-refractivity contribution in [3.05, 3.63) is 282 Å². The molecule has 0 unspecified atom stereocenters. The van der Waals surface area contributed by atoms with Crippen LogP contribution in [0.25, 0.3) is 55.6 Å². The van der Waals surface area contributed by atoms with Gasteiger partial charge in [-0.3, -0.25) is 0 Å². The maximum absolute atomic E-state index is 2.54. The van der Waals surface area contributed by atoms with E-state index in [-0.39, 0.29) is 5.41 Å². The highest BCUT2D eigenvalue weighted by Crippen LogP contribution is 2.58. The fourth-order valence-corrected chi connectivity index (χ4v) is 11.2. The van der Waals surface area contributed by atoms with Gasteiger partial charge in [0.1, 0.15) is 0 Å². The van der Waals surface area contributed by atoms with Gasteiger partial charge in [-0.25, -0.2) is 0 Å². The van der Waals surface area contributed by atoms with E-state index in [4.69, 9.17) is 0 Å². The molecule has 0 spiro atoms. The Labute approximate surface area is 382 Å². The van der Waals surface area contributed by atoms with E-state index in [1.807, 2.05) is 0 Å². The van der Waals surface area contributed by atoms with Gasteiger partial charge in [-0.1, -0.05) is 232 Å². The van der Waals surface area contributed by atoms with Crippen LogP contribution in [-0.2, 0) is 10.8 Å². The lowest BCUT2D eigenvalue weighted by molar-refractivity contribution is 0.660. The third-order valence-electron chi connectivity index (χ3n) is 14.2. The molecule has 0 aromatic heterocycles. The summed E-state index contributed by atoms with van der Waals surface area (Å²) in [6.07, 6.45) is 0. The summed E-state index contributed by atoms with van der Waals surface area (Å²) in [7, 11) is 0. The molecule has 10 aromatic rings. The number of nitrogens with zero attached hydrogens (tertiary/aromatic N) is 1. The van der Waals surface area contributed by atoms with Gasteiger partial charge in [0.2, 0.25) is 0 Å². The van der Waals surface area contributed by atoms with Crippen LogP contribution in [0.2, 0.25) is 0 Å². The lowest BCUT2D eigenvalue weighted by Gasteiger charge is -2.35. The highest BCUT2D eigenvalue weighted by atomic mass is 15.1. The highest BCUT2D eigenvalue weighted by molar-refractivity contribution is 5.99. The third-order valence-corrected chi connectivity index (χ3v) is 14.2. The van der Waals surface area contributed by atoms with E-state index in [0.717, 1.165) is 22.6 Å². The molecule has 0 saturated heterocycles. The van der Waals surface area contributed by atoms with Crippen LogP contribution in [0.3, 0.4) is 0 Å². The van der Waals surface area contributed by atoms with Crippen molar-refractivity contribution in [2.24, 2.45) is 0 Å². The maximum Gasteiger partial charge on any atom is 0.0714 e. The van der Waals surface area contributed by atoms with Crippen molar-refractivity contribution in [2.75, 3.05) is 4.90 Å². The quantitative estimate of drug-likeness (QED) is 0.147. The minimum atomic E-state index is -0.542. The lowest BCUT2D eigenvalue weighted by Crippen LogP contribution is -2.28. The van der Waals surface area contributed by atoms with Crippen molar-refractivity contribution < 1.29 is 0 Å². The van der Waals surface area contributed by atoms with E-state index < -0.39 is 5.41 Å². The van der Waals surface area contributed by atoms with E-state index in [1.54, 1.807) is 0 Å². The zero-order valence-electron chi connectivity index (χ0n) is 36.6. The molecule has 12 rings (SSSR count). The van der Waals surface area contributed by atoms with Gasteiger partial charge in [0, 0.05) is 22.4 Å². The number of fused-ring (bicyclic) bond motifs is 6. The SMILES string of the molecule is CC1(C)c2ccccc2-c2ccc(N(c3ccc4c(c3)C(c3ccccc3)(c3ccccc3)c3ccccc3-4)c3cccc(-c4ccccc4)c3-c3ccc(-c4ccccc4)cc3)cc21. The van der Waals surface area contributed by atoms with Gasteiger partial charge in [-0.2, -0.15) is 0 Å². The topological polar surface area (TPSA) is 3.24 Å². The summed E-state index contributed by atoms with van der Waals surface area (Å²) in [4.78, 5) is 2.54. The Bertz CT molecular complexity index is 3330. The largest absolute Gasteiger partial charge is 0.310 e. The molecule has 2 aliphatic rings. The van der Waals surface area contributed by atoms with E-state index >= 15 is 0 Å². The number of benzene rings is 10. The first-order valence-electron chi connectivity index (χ1n) is 22.8. The average Bonchev–Trinajstić information content (AvgIpc) is 3.80. The minimum Gasteiger partial charge on any atom is -0.310 e. The summed E-state index contributed by atoms with van der Waals surface area (Å²) in [6, 6.07) is 92.2. The molecule has 2 aliphatic carbocycles. The van der Waals surface area contributed by atoms with Crippen molar-refractivity contribution in [3.63, 3.8) is 0 Å². The monoisotopic (exact) mass is 829 g/mol. The predicted molar refractivity (Wildman–Crippen MR) is 272 cm³/mol. The van der Waals surface area contributed by atoms with Gasteiger partial charge in [0.25, 0.3) is 0 Å². The standard InChI is InChI=1S/C64H47N/c1-63(2)57-31-17-15-28-53(57)55-40-38-50(42-59(55)63)65(61-33-19-30-52(46-22-9-4-10-23-46)62(61)47-36-34-45(35-37-47)44-20-7-3-8-21-44)51-39-41-56-54-29-16-18-32-58(54)64(60(56)43-51,48-24-11-5-12-25-48)49-26-13-6-14-27-49/h3-43H,1-2H3. The molecule has 0 bridgehead atoms. The molecule has 65 heavy (non-hydrogen) atoms. The second kappa shape index (κ2) is 15.4. The van der Waals surface area contributed by atoms with Gasteiger partial charge in [0.15, 0.2) is 0 Å². The number of hydrogen-bond acceptors (Lipinski definition) is 1. The number of anilines is 3. The van der Waals surface area contributed by atoms with Crippen molar-refractivity contribution in [1.82, 2.24) is 0 Å². The van der Waals surface area contributed by atoms with Crippen molar-refractivity contribution in [3.8, 4) is 55.6 Å². The highest BCUT2D eigenvalue weighted by Gasteiger charge is 2.46. The van der Waals surface area contributed by atoms with Gasteiger partial charge in [-0.05, 0) is 114 Å². The zero-order chi connectivity index (χ0) is 43.5. The Morgan fingerprint density at radius 1 is 0.292 bits per heavy atom. The Hall–Kier alpha value is -8.00. The van der Waals surface area contributed by atoms with E-state index in [1.165, 1.54) is 83.5 Å². The summed E-state index contributed by atoms with van der Waals surface area (Å²) in [6.45, 7) is 4.75. The summed E-state index contributed by atoms with van der Waals surface area (Å²) >= 11 is 0. The van der Waals surface area contributed by atoms with Crippen LogP contribution in [-0.4, -0.2) is 0 Å². The first-order valence-corrected chi connectivity index (χ1v) is 22.8. The van der Waals surface area contributed by atoms with Crippen LogP contribution in [0.1, 0.15) is 47.2 Å². The Morgan fingerprint density at radius 2 is 0.723 bits per heavy atom. The predicted octanol–water partition coefficient (Wildman–Crippen LogP) is 16.8. The molecule has 0 heterocycles. The molecular formula is C64H47N. The van der Waals surface area contributed by atoms with Gasteiger partial charge < -0.3 is 4.90 Å². The smallest absolute Gasteiger partial charge is 0.0714 e. The minimum absolute atomic E-state index is 0.176. The zero-order valence-corrected chi connectivity index (χ0v) is 36.6. The first-order chi connectivity index (χ1) is 32.0. The molecule has 0 saturated carbocycles. The van der Waals surface area contributed by atoms with E-state index in [9.17, 15) is 0 Å².